The van der Waals surface area contributed by atoms with Gasteiger partial charge in [0.1, 0.15) is 18.0 Å². The highest BCUT2D eigenvalue weighted by Gasteiger charge is 2.30. The summed E-state index contributed by atoms with van der Waals surface area (Å²) in [4.78, 5) is 36.0. The fourth-order valence-electron chi connectivity index (χ4n) is 5.23. The summed E-state index contributed by atoms with van der Waals surface area (Å²) >= 11 is 0. The number of fused-ring (bicyclic) bond motifs is 1. The fourth-order valence-corrected chi connectivity index (χ4v) is 5.23. The number of unbranched alkanes of at least 4 members (excludes halogenated alkanes) is 2. The van der Waals surface area contributed by atoms with Crippen LogP contribution >= 0.6 is 0 Å². The Kier molecular flexibility index (Phi) is 9.83. The normalized spacial score (nSPS) is 17.5. The van der Waals surface area contributed by atoms with E-state index in [1.54, 1.807) is 9.80 Å². The van der Waals surface area contributed by atoms with Crippen molar-refractivity contribution in [1.29, 1.82) is 0 Å². The van der Waals surface area contributed by atoms with Gasteiger partial charge in [-0.1, -0.05) is 42.8 Å². The minimum Gasteiger partial charge on any atom is -0.445 e. The van der Waals surface area contributed by atoms with Crippen LogP contribution in [0.25, 0.3) is 0 Å². The first kappa shape index (κ1) is 28.9. The molecule has 212 valence electrons. The number of aromatic nitrogens is 1. The Morgan fingerprint density at radius 1 is 1.05 bits per heavy atom. The van der Waals surface area contributed by atoms with Gasteiger partial charge in [0.05, 0.1) is 0 Å². The van der Waals surface area contributed by atoms with Crippen molar-refractivity contribution >= 4 is 18.0 Å². The van der Waals surface area contributed by atoms with Crippen molar-refractivity contribution in [3.05, 3.63) is 59.3 Å². The number of carbonyl (C=O) groups excluding carboxylic acids is 2. The highest BCUT2D eigenvalue weighted by Crippen LogP contribution is 2.27. The van der Waals surface area contributed by atoms with Crippen LogP contribution in [0.15, 0.2) is 42.5 Å². The number of pyridine rings is 1. The van der Waals surface area contributed by atoms with Gasteiger partial charge in [-0.3, -0.25) is 4.90 Å². The van der Waals surface area contributed by atoms with Crippen LogP contribution in [0.5, 0.6) is 0 Å². The van der Waals surface area contributed by atoms with Gasteiger partial charge in [0.25, 0.3) is 0 Å². The van der Waals surface area contributed by atoms with Crippen molar-refractivity contribution < 1.29 is 19.1 Å². The Labute approximate surface area is 233 Å². The third-order valence-corrected chi connectivity index (χ3v) is 7.41. The van der Waals surface area contributed by atoms with E-state index in [0.717, 1.165) is 87.2 Å². The smallest absolute Gasteiger partial charge is 0.416 e. The van der Waals surface area contributed by atoms with Crippen molar-refractivity contribution in [2.45, 2.75) is 84.0 Å². The molecule has 1 atom stereocenters. The van der Waals surface area contributed by atoms with E-state index >= 15 is 0 Å². The Morgan fingerprint density at radius 3 is 2.62 bits per heavy atom. The molecule has 2 amide bonds. The summed E-state index contributed by atoms with van der Waals surface area (Å²) in [5, 5.41) is 0. The van der Waals surface area contributed by atoms with Gasteiger partial charge in [-0.25, -0.2) is 14.6 Å². The minimum atomic E-state index is -0.525. The Morgan fingerprint density at radius 2 is 1.85 bits per heavy atom. The molecule has 1 aromatic heterocycles. The van der Waals surface area contributed by atoms with Crippen LogP contribution in [0.3, 0.4) is 0 Å². The zero-order chi connectivity index (χ0) is 27.8. The first-order chi connectivity index (χ1) is 18.7. The SMILES string of the molecule is CN(C(=O)OCc1ccccc1)[C@H]1CCN(CCCCCc2ccc3c(n2)N(C(=O)OC(C)(C)C)CCC3)C1. The van der Waals surface area contributed by atoms with Gasteiger partial charge in [0.15, 0.2) is 0 Å². The average Bonchev–Trinajstić information content (AvgIpc) is 3.39. The maximum atomic E-state index is 12.7. The number of rotatable bonds is 9. The van der Waals surface area contributed by atoms with Gasteiger partial charge < -0.3 is 19.3 Å². The van der Waals surface area contributed by atoms with Gasteiger partial charge in [0, 0.05) is 38.4 Å². The highest BCUT2D eigenvalue weighted by molar-refractivity contribution is 5.88. The van der Waals surface area contributed by atoms with E-state index in [4.69, 9.17) is 14.5 Å². The lowest BCUT2D eigenvalue weighted by Gasteiger charge is -2.31. The molecule has 2 aliphatic heterocycles. The van der Waals surface area contributed by atoms with Gasteiger partial charge in [0.2, 0.25) is 0 Å². The van der Waals surface area contributed by atoms with Gasteiger partial charge >= 0.3 is 12.2 Å². The lowest BCUT2D eigenvalue weighted by Crippen LogP contribution is -2.40. The summed E-state index contributed by atoms with van der Waals surface area (Å²) in [5.41, 5.74) is 2.62. The molecular weight excluding hydrogens is 492 g/mol. The molecule has 1 saturated heterocycles. The first-order valence-corrected chi connectivity index (χ1v) is 14.3. The van der Waals surface area contributed by atoms with E-state index in [0.29, 0.717) is 13.2 Å². The molecule has 3 heterocycles. The number of anilines is 1. The van der Waals surface area contributed by atoms with E-state index in [9.17, 15) is 9.59 Å². The van der Waals surface area contributed by atoms with Crippen LogP contribution in [0.4, 0.5) is 15.4 Å². The molecule has 39 heavy (non-hydrogen) atoms. The van der Waals surface area contributed by atoms with Crippen LogP contribution in [-0.2, 0) is 28.9 Å². The van der Waals surface area contributed by atoms with E-state index in [1.807, 2.05) is 58.2 Å². The second-order valence-electron chi connectivity index (χ2n) is 11.7. The van der Waals surface area contributed by atoms with Crippen LogP contribution in [0.1, 0.15) is 69.7 Å². The molecular formula is C31H44N4O4. The number of nitrogens with zero attached hydrogens (tertiary/aromatic N) is 4. The quantitative estimate of drug-likeness (QED) is 0.376. The number of ether oxygens (including phenoxy) is 2. The van der Waals surface area contributed by atoms with Crippen molar-refractivity contribution in [3.8, 4) is 0 Å². The molecule has 1 aromatic carbocycles. The Bertz CT molecular complexity index is 1100. The van der Waals surface area contributed by atoms with Crippen molar-refractivity contribution in [1.82, 2.24) is 14.8 Å². The Hall–Kier alpha value is -3.13. The van der Waals surface area contributed by atoms with Crippen LogP contribution in [0.2, 0.25) is 0 Å². The van der Waals surface area contributed by atoms with E-state index in [-0.39, 0.29) is 18.2 Å². The molecule has 8 nitrogen and oxygen atoms in total. The number of likely N-dealkylation sites (tertiary alicyclic amines) is 1. The molecule has 2 aromatic rings. The molecule has 4 rings (SSSR count). The molecule has 0 saturated carbocycles. The molecule has 8 heteroatoms. The summed E-state index contributed by atoms with van der Waals surface area (Å²) in [6.07, 6.45) is 6.46. The summed E-state index contributed by atoms with van der Waals surface area (Å²) < 4.78 is 11.1. The van der Waals surface area contributed by atoms with Crippen molar-refractivity contribution in [2.75, 3.05) is 38.1 Å². The van der Waals surface area contributed by atoms with E-state index in [1.165, 1.54) is 0 Å². The van der Waals surface area contributed by atoms with Crippen molar-refractivity contribution in [2.24, 2.45) is 0 Å². The zero-order valence-corrected chi connectivity index (χ0v) is 24.0. The molecule has 0 radical (unpaired) electrons. The maximum absolute atomic E-state index is 12.7. The number of hydrogen-bond donors (Lipinski definition) is 0. The molecule has 0 N–H and O–H groups in total. The Balaban J connectivity index is 1.16. The van der Waals surface area contributed by atoms with E-state index in [2.05, 4.69) is 17.0 Å². The third-order valence-electron chi connectivity index (χ3n) is 7.41. The molecule has 0 bridgehead atoms. The number of aryl methyl sites for hydroxylation is 2. The topological polar surface area (TPSA) is 75.2 Å². The number of amides is 2. The molecule has 0 aliphatic carbocycles. The predicted molar refractivity (Wildman–Crippen MR) is 153 cm³/mol. The molecule has 1 fully saturated rings. The monoisotopic (exact) mass is 536 g/mol. The average molecular weight is 537 g/mol. The summed E-state index contributed by atoms with van der Waals surface area (Å²) in [5.74, 6) is 0.766. The lowest BCUT2D eigenvalue weighted by atomic mass is 10.0. The van der Waals surface area contributed by atoms with Crippen LogP contribution in [0, 0.1) is 0 Å². The summed E-state index contributed by atoms with van der Waals surface area (Å²) in [6, 6.07) is 14.2. The number of benzene rings is 1. The van der Waals surface area contributed by atoms with Gasteiger partial charge in [-0.2, -0.15) is 0 Å². The second kappa shape index (κ2) is 13.3. The highest BCUT2D eigenvalue weighted by atomic mass is 16.6. The molecule has 0 spiro atoms. The lowest BCUT2D eigenvalue weighted by molar-refractivity contribution is 0.0576. The van der Waals surface area contributed by atoms with Gasteiger partial charge in [-0.15, -0.1) is 0 Å². The fraction of sp³-hybridized carbons (Fsp3) is 0.581. The second-order valence-corrected chi connectivity index (χ2v) is 11.7. The van der Waals surface area contributed by atoms with Gasteiger partial charge in [-0.05, 0) is 83.0 Å². The zero-order valence-electron chi connectivity index (χ0n) is 24.0. The number of hydrogen-bond acceptors (Lipinski definition) is 6. The number of carbonyl (C=O) groups is 2. The largest absolute Gasteiger partial charge is 0.445 e. The summed E-state index contributed by atoms with van der Waals surface area (Å²) in [7, 11) is 1.84. The standard InChI is InChI=1S/C31H44N4O4/c1-31(2,3)39-30(37)35-20-11-14-25-16-17-26(32-28(25)35)15-9-6-10-19-34-21-18-27(22-34)33(4)29(36)38-23-24-12-7-5-8-13-24/h5,7-8,12-13,16-17,27H,6,9-11,14-15,18-23H2,1-4H3/t27-/m0/s1. The first-order valence-electron chi connectivity index (χ1n) is 14.3. The molecule has 0 unspecified atom stereocenters. The maximum Gasteiger partial charge on any atom is 0.416 e. The number of likely N-dealkylation sites (N-methyl/N-ethyl adjacent to an activating group) is 1. The predicted octanol–water partition coefficient (Wildman–Crippen LogP) is 5.83. The minimum absolute atomic E-state index is 0.195. The van der Waals surface area contributed by atoms with Crippen molar-refractivity contribution in [3.63, 3.8) is 0 Å². The van der Waals surface area contributed by atoms with E-state index < -0.39 is 5.60 Å². The summed E-state index contributed by atoms with van der Waals surface area (Å²) in [6.45, 7) is 9.56. The molecule has 2 aliphatic rings. The third kappa shape index (κ3) is 8.43. The van der Waals surface area contributed by atoms with Crippen LogP contribution in [-0.4, -0.2) is 71.8 Å². The van der Waals surface area contributed by atoms with Crippen LogP contribution < -0.4 is 4.90 Å².